The standard InChI is InChI=1S/C29H33BrN2O2/c1-4-22(3)31-29(34)27(18-23-8-6-5-7-9-23)32(20-25-14-16-26(30)17-15-25)28(33)19-24-12-10-21(2)11-13-24/h5-17,22,27H,4,18-20H2,1-3H3,(H,31,34)/t22-,27-/m1/s1. The van der Waals surface area contributed by atoms with Crippen molar-refractivity contribution in [1.29, 1.82) is 0 Å². The molecule has 0 aliphatic rings. The van der Waals surface area contributed by atoms with Crippen LogP contribution in [-0.2, 0) is 29.0 Å². The SMILES string of the molecule is CC[C@@H](C)NC(=O)[C@@H](Cc1ccccc1)N(Cc1ccc(Br)cc1)C(=O)Cc1ccc(C)cc1. The number of halogens is 1. The maximum absolute atomic E-state index is 13.7. The maximum atomic E-state index is 13.7. The molecule has 5 heteroatoms. The van der Waals surface area contributed by atoms with E-state index in [-0.39, 0.29) is 24.3 Å². The van der Waals surface area contributed by atoms with Gasteiger partial charge in [-0.25, -0.2) is 0 Å². The summed E-state index contributed by atoms with van der Waals surface area (Å²) in [4.78, 5) is 28.9. The minimum absolute atomic E-state index is 0.0347. The van der Waals surface area contributed by atoms with E-state index < -0.39 is 6.04 Å². The average Bonchev–Trinajstić information content (AvgIpc) is 2.84. The number of nitrogens with zero attached hydrogens (tertiary/aromatic N) is 1. The molecule has 4 nitrogen and oxygen atoms in total. The summed E-state index contributed by atoms with van der Waals surface area (Å²) in [6.45, 7) is 6.42. The van der Waals surface area contributed by atoms with E-state index in [1.807, 2.05) is 99.6 Å². The Morgan fingerprint density at radius 2 is 1.50 bits per heavy atom. The molecule has 34 heavy (non-hydrogen) atoms. The van der Waals surface area contributed by atoms with Crippen molar-refractivity contribution in [2.24, 2.45) is 0 Å². The van der Waals surface area contributed by atoms with Crippen LogP contribution in [0.15, 0.2) is 83.3 Å². The van der Waals surface area contributed by atoms with Crippen LogP contribution >= 0.6 is 15.9 Å². The molecule has 3 rings (SSSR count). The third-order valence-electron chi connectivity index (χ3n) is 6.01. The van der Waals surface area contributed by atoms with Crippen LogP contribution in [0.1, 0.15) is 42.5 Å². The van der Waals surface area contributed by atoms with Crippen molar-refractivity contribution in [2.45, 2.75) is 58.7 Å². The van der Waals surface area contributed by atoms with E-state index in [1.165, 1.54) is 0 Å². The number of amides is 2. The molecule has 2 atom stereocenters. The smallest absolute Gasteiger partial charge is 0.243 e. The van der Waals surface area contributed by atoms with Crippen LogP contribution in [0.2, 0.25) is 0 Å². The lowest BCUT2D eigenvalue weighted by molar-refractivity contribution is -0.141. The first kappa shape index (κ1) is 25.7. The van der Waals surface area contributed by atoms with Crippen molar-refractivity contribution >= 4 is 27.7 Å². The first-order chi connectivity index (χ1) is 16.4. The molecule has 0 unspecified atom stereocenters. The number of hydrogen-bond donors (Lipinski definition) is 1. The third kappa shape index (κ3) is 7.56. The number of hydrogen-bond acceptors (Lipinski definition) is 2. The zero-order valence-electron chi connectivity index (χ0n) is 20.1. The molecule has 0 saturated carbocycles. The first-order valence-corrected chi connectivity index (χ1v) is 12.6. The number of rotatable bonds is 10. The highest BCUT2D eigenvalue weighted by Gasteiger charge is 2.31. The van der Waals surface area contributed by atoms with Gasteiger partial charge in [-0.1, -0.05) is 95.1 Å². The molecule has 0 aliphatic heterocycles. The Bertz CT molecular complexity index is 1070. The van der Waals surface area contributed by atoms with E-state index in [2.05, 4.69) is 21.2 Å². The van der Waals surface area contributed by atoms with Crippen LogP contribution in [0.4, 0.5) is 0 Å². The van der Waals surface area contributed by atoms with Gasteiger partial charge in [0.1, 0.15) is 6.04 Å². The molecule has 0 heterocycles. The molecule has 2 amide bonds. The van der Waals surface area contributed by atoms with Crippen molar-refractivity contribution in [3.63, 3.8) is 0 Å². The van der Waals surface area contributed by atoms with Gasteiger partial charge < -0.3 is 10.2 Å². The quantitative estimate of drug-likeness (QED) is 0.364. The van der Waals surface area contributed by atoms with Gasteiger partial charge in [0.2, 0.25) is 11.8 Å². The highest BCUT2D eigenvalue weighted by Crippen LogP contribution is 2.19. The Morgan fingerprint density at radius 1 is 0.882 bits per heavy atom. The van der Waals surface area contributed by atoms with Gasteiger partial charge in [0.15, 0.2) is 0 Å². The van der Waals surface area contributed by atoms with Gasteiger partial charge in [-0.2, -0.15) is 0 Å². The van der Waals surface area contributed by atoms with Crippen LogP contribution in [0.3, 0.4) is 0 Å². The number of carbonyl (C=O) groups excluding carboxylic acids is 2. The van der Waals surface area contributed by atoms with Gasteiger partial charge in [0, 0.05) is 23.5 Å². The molecule has 0 spiro atoms. The highest BCUT2D eigenvalue weighted by molar-refractivity contribution is 9.10. The Morgan fingerprint density at radius 3 is 2.12 bits per heavy atom. The van der Waals surface area contributed by atoms with Gasteiger partial charge in [0.25, 0.3) is 0 Å². The molecule has 0 radical (unpaired) electrons. The molecule has 0 aliphatic carbocycles. The van der Waals surface area contributed by atoms with Crippen LogP contribution in [0.25, 0.3) is 0 Å². The molecule has 3 aromatic carbocycles. The topological polar surface area (TPSA) is 49.4 Å². The highest BCUT2D eigenvalue weighted by atomic mass is 79.9. The second kappa shape index (κ2) is 12.5. The van der Waals surface area contributed by atoms with E-state index in [9.17, 15) is 9.59 Å². The maximum Gasteiger partial charge on any atom is 0.243 e. The molecule has 178 valence electrons. The predicted molar refractivity (Wildman–Crippen MR) is 141 cm³/mol. The minimum Gasteiger partial charge on any atom is -0.352 e. The van der Waals surface area contributed by atoms with Gasteiger partial charge in [-0.3, -0.25) is 9.59 Å². The fraction of sp³-hybridized carbons (Fsp3) is 0.310. The summed E-state index contributed by atoms with van der Waals surface area (Å²) in [5.41, 5.74) is 4.10. The van der Waals surface area contributed by atoms with E-state index in [0.717, 1.165) is 33.1 Å². The van der Waals surface area contributed by atoms with E-state index in [4.69, 9.17) is 0 Å². The summed E-state index contributed by atoms with van der Waals surface area (Å²) in [6, 6.07) is 25.2. The van der Waals surface area contributed by atoms with Gasteiger partial charge >= 0.3 is 0 Å². The normalized spacial score (nSPS) is 12.6. The third-order valence-corrected chi connectivity index (χ3v) is 6.54. The second-order valence-electron chi connectivity index (χ2n) is 8.83. The summed E-state index contributed by atoms with van der Waals surface area (Å²) in [5, 5.41) is 3.11. The van der Waals surface area contributed by atoms with Crippen molar-refractivity contribution in [3.05, 3.63) is 106 Å². The zero-order valence-corrected chi connectivity index (χ0v) is 21.7. The molecular formula is C29H33BrN2O2. The largest absolute Gasteiger partial charge is 0.352 e. The van der Waals surface area contributed by atoms with Gasteiger partial charge in [0.05, 0.1) is 6.42 Å². The van der Waals surface area contributed by atoms with Crippen LogP contribution in [0.5, 0.6) is 0 Å². The lowest BCUT2D eigenvalue weighted by Crippen LogP contribution is -2.52. The van der Waals surface area contributed by atoms with E-state index in [0.29, 0.717) is 13.0 Å². The van der Waals surface area contributed by atoms with E-state index in [1.54, 1.807) is 4.90 Å². The van der Waals surface area contributed by atoms with E-state index >= 15 is 0 Å². The Labute approximate surface area is 211 Å². The monoisotopic (exact) mass is 520 g/mol. The summed E-state index contributed by atoms with van der Waals surface area (Å²) in [5.74, 6) is -0.181. The Hall–Kier alpha value is -2.92. The van der Waals surface area contributed by atoms with Crippen molar-refractivity contribution in [2.75, 3.05) is 0 Å². The van der Waals surface area contributed by atoms with Crippen LogP contribution in [-0.4, -0.2) is 28.8 Å². The first-order valence-electron chi connectivity index (χ1n) is 11.8. The number of carbonyl (C=O) groups is 2. The molecule has 0 aromatic heterocycles. The zero-order chi connectivity index (χ0) is 24.5. The number of aryl methyl sites for hydroxylation is 1. The average molecular weight is 521 g/mol. The lowest BCUT2D eigenvalue weighted by atomic mass is 10.0. The van der Waals surface area contributed by atoms with Crippen molar-refractivity contribution in [1.82, 2.24) is 10.2 Å². The number of benzene rings is 3. The molecule has 0 saturated heterocycles. The molecular weight excluding hydrogens is 488 g/mol. The summed E-state index contributed by atoms with van der Waals surface area (Å²) in [6.07, 6.45) is 1.53. The Kier molecular flexibility index (Phi) is 9.46. The van der Waals surface area contributed by atoms with Gasteiger partial charge in [-0.05, 0) is 49.1 Å². The fourth-order valence-electron chi connectivity index (χ4n) is 3.76. The molecule has 0 bridgehead atoms. The van der Waals surface area contributed by atoms with Crippen LogP contribution < -0.4 is 5.32 Å². The Balaban J connectivity index is 1.95. The lowest BCUT2D eigenvalue weighted by Gasteiger charge is -2.32. The fourth-order valence-corrected chi connectivity index (χ4v) is 4.03. The van der Waals surface area contributed by atoms with Gasteiger partial charge in [-0.15, -0.1) is 0 Å². The molecule has 0 fully saturated rings. The van der Waals surface area contributed by atoms with Crippen molar-refractivity contribution < 1.29 is 9.59 Å². The summed E-state index contributed by atoms with van der Waals surface area (Å²) >= 11 is 3.48. The predicted octanol–water partition coefficient (Wildman–Crippen LogP) is 5.85. The second-order valence-corrected chi connectivity index (χ2v) is 9.75. The summed E-state index contributed by atoms with van der Waals surface area (Å²) in [7, 11) is 0. The minimum atomic E-state index is -0.613. The molecule has 1 N–H and O–H groups in total. The van der Waals surface area contributed by atoms with Crippen LogP contribution in [0, 0.1) is 6.92 Å². The number of nitrogens with one attached hydrogen (secondary N) is 1. The summed E-state index contributed by atoms with van der Waals surface area (Å²) < 4.78 is 0.976. The van der Waals surface area contributed by atoms with Crippen molar-refractivity contribution in [3.8, 4) is 0 Å². The molecule has 3 aromatic rings.